The molecule has 1 heterocycles. The highest BCUT2D eigenvalue weighted by atomic mass is 32.1. The van der Waals surface area contributed by atoms with E-state index in [0.29, 0.717) is 6.61 Å². The van der Waals surface area contributed by atoms with Crippen molar-refractivity contribution < 1.29 is 9.84 Å². The summed E-state index contributed by atoms with van der Waals surface area (Å²) >= 11 is 1.60. The third kappa shape index (κ3) is 3.10. The molecule has 13 heavy (non-hydrogen) atoms. The lowest BCUT2D eigenvalue weighted by molar-refractivity contribution is 0.0912. The maximum absolute atomic E-state index is 9.86. The first-order valence-corrected chi connectivity index (χ1v) is 5.34. The minimum absolute atomic E-state index is 0.263. The summed E-state index contributed by atoms with van der Waals surface area (Å²) in [5.41, 5.74) is 0. The Hall–Kier alpha value is -0.380. The third-order valence-electron chi connectivity index (χ3n) is 2.15. The SMILES string of the molecule is COCCC(C)C(O)c1cccs1. The minimum Gasteiger partial charge on any atom is -0.387 e. The molecule has 1 rings (SSSR count). The van der Waals surface area contributed by atoms with E-state index in [0.717, 1.165) is 11.3 Å². The van der Waals surface area contributed by atoms with Crippen molar-refractivity contribution in [3.63, 3.8) is 0 Å². The van der Waals surface area contributed by atoms with Crippen molar-refractivity contribution in [2.45, 2.75) is 19.4 Å². The number of hydrogen-bond acceptors (Lipinski definition) is 3. The zero-order chi connectivity index (χ0) is 9.68. The molecule has 74 valence electrons. The van der Waals surface area contributed by atoms with E-state index in [9.17, 15) is 5.11 Å². The Labute approximate surface area is 83.2 Å². The number of aliphatic hydroxyl groups is 1. The van der Waals surface area contributed by atoms with Crippen molar-refractivity contribution in [1.82, 2.24) is 0 Å². The summed E-state index contributed by atoms with van der Waals surface area (Å²) in [4.78, 5) is 1.05. The molecule has 1 aromatic heterocycles. The standard InChI is InChI=1S/C10H16O2S/c1-8(5-6-12-2)10(11)9-4-3-7-13-9/h3-4,7-8,10-11H,5-6H2,1-2H3. The fourth-order valence-corrected chi connectivity index (χ4v) is 2.04. The molecule has 0 aliphatic heterocycles. The van der Waals surface area contributed by atoms with Crippen LogP contribution in [0.1, 0.15) is 24.3 Å². The molecular formula is C10H16O2S. The summed E-state index contributed by atoms with van der Waals surface area (Å²) in [7, 11) is 1.68. The molecule has 0 saturated heterocycles. The number of thiophene rings is 1. The summed E-state index contributed by atoms with van der Waals surface area (Å²) in [5.74, 6) is 0.263. The van der Waals surface area contributed by atoms with Crippen LogP contribution < -0.4 is 0 Å². The van der Waals surface area contributed by atoms with E-state index in [1.807, 2.05) is 24.4 Å². The van der Waals surface area contributed by atoms with Gasteiger partial charge in [-0.3, -0.25) is 0 Å². The molecule has 0 spiro atoms. The fraction of sp³-hybridized carbons (Fsp3) is 0.600. The predicted octanol–water partition coefficient (Wildman–Crippen LogP) is 2.45. The lowest BCUT2D eigenvalue weighted by atomic mass is 10.0. The number of rotatable bonds is 5. The summed E-state index contributed by atoms with van der Waals surface area (Å²) in [6.45, 7) is 2.76. The minimum atomic E-state index is -0.338. The van der Waals surface area contributed by atoms with Gasteiger partial charge in [-0.15, -0.1) is 11.3 Å². The van der Waals surface area contributed by atoms with Gasteiger partial charge >= 0.3 is 0 Å². The average molecular weight is 200 g/mol. The number of hydrogen-bond donors (Lipinski definition) is 1. The zero-order valence-electron chi connectivity index (χ0n) is 8.06. The van der Waals surface area contributed by atoms with Crippen molar-refractivity contribution in [2.24, 2.45) is 5.92 Å². The van der Waals surface area contributed by atoms with Gasteiger partial charge in [0.1, 0.15) is 0 Å². The second-order valence-corrected chi connectivity index (χ2v) is 4.20. The van der Waals surface area contributed by atoms with Gasteiger partial charge in [-0.05, 0) is 23.8 Å². The average Bonchev–Trinajstić information content (AvgIpc) is 2.65. The first-order chi connectivity index (χ1) is 6.25. The predicted molar refractivity (Wildman–Crippen MR) is 54.9 cm³/mol. The van der Waals surface area contributed by atoms with Gasteiger partial charge in [0.05, 0.1) is 6.10 Å². The van der Waals surface area contributed by atoms with Crippen LogP contribution in [0.4, 0.5) is 0 Å². The Bertz CT molecular complexity index is 221. The van der Waals surface area contributed by atoms with E-state index in [-0.39, 0.29) is 12.0 Å². The number of aliphatic hydroxyl groups excluding tert-OH is 1. The number of methoxy groups -OCH3 is 1. The lowest BCUT2D eigenvalue weighted by Gasteiger charge is -2.16. The van der Waals surface area contributed by atoms with Crippen molar-refractivity contribution >= 4 is 11.3 Å². The van der Waals surface area contributed by atoms with Gasteiger partial charge in [-0.1, -0.05) is 13.0 Å². The Kier molecular flexibility index (Phi) is 4.42. The molecule has 0 saturated carbocycles. The van der Waals surface area contributed by atoms with Gasteiger partial charge in [-0.25, -0.2) is 0 Å². The molecule has 0 amide bonds. The molecular weight excluding hydrogens is 184 g/mol. The third-order valence-corrected chi connectivity index (χ3v) is 3.09. The van der Waals surface area contributed by atoms with Crippen LogP contribution in [-0.2, 0) is 4.74 Å². The highest BCUT2D eigenvalue weighted by molar-refractivity contribution is 7.10. The summed E-state index contributed by atoms with van der Waals surface area (Å²) < 4.78 is 4.97. The van der Waals surface area contributed by atoms with E-state index in [2.05, 4.69) is 0 Å². The van der Waals surface area contributed by atoms with Gasteiger partial charge in [0, 0.05) is 18.6 Å². The van der Waals surface area contributed by atoms with E-state index >= 15 is 0 Å². The second-order valence-electron chi connectivity index (χ2n) is 3.22. The molecule has 0 aliphatic carbocycles. The van der Waals surface area contributed by atoms with E-state index < -0.39 is 0 Å². The zero-order valence-corrected chi connectivity index (χ0v) is 8.88. The summed E-state index contributed by atoms with van der Waals surface area (Å²) in [5, 5.41) is 11.8. The van der Waals surface area contributed by atoms with Crippen molar-refractivity contribution in [1.29, 1.82) is 0 Å². The van der Waals surface area contributed by atoms with E-state index in [4.69, 9.17) is 4.74 Å². The van der Waals surface area contributed by atoms with E-state index in [1.54, 1.807) is 18.4 Å². The van der Waals surface area contributed by atoms with Gasteiger partial charge in [0.25, 0.3) is 0 Å². The summed E-state index contributed by atoms with van der Waals surface area (Å²) in [6, 6.07) is 3.94. The molecule has 0 aromatic carbocycles. The van der Waals surface area contributed by atoms with Crippen LogP contribution in [0.15, 0.2) is 17.5 Å². The van der Waals surface area contributed by atoms with Crippen molar-refractivity contribution in [3.8, 4) is 0 Å². The first-order valence-electron chi connectivity index (χ1n) is 4.46. The molecule has 0 radical (unpaired) electrons. The van der Waals surface area contributed by atoms with Crippen LogP contribution in [0, 0.1) is 5.92 Å². The normalized spacial score (nSPS) is 15.6. The smallest absolute Gasteiger partial charge is 0.0908 e. The highest BCUT2D eigenvalue weighted by Crippen LogP contribution is 2.27. The molecule has 1 aromatic rings. The molecule has 3 heteroatoms. The summed E-state index contributed by atoms with van der Waals surface area (Å²) in [6.07, 6.45) is 0.561. The molecule has 1 N–H and O–H groups in total. The Morgan fingerprint density at radius 3 is 2.92 bits per heavy atom. The van der Waals surface area contributed by atoms with Gasteiger partial charge in [0.15, 0.2) is 0 Å². The molecule has 2 unspecified atom stereocenters. The van der Waals surface area contributed by atoms with Crippen molar-refractivity contribution in [2.75, 3.05) is 13.7 Å². The fourth-order valence-electron chi connectivity index (χ4n) is 1.20. The first kappa shape index (κ1) is 10.7. The Morgan fingerprint density at radius 1 is 1.62 bits per heavy atom. The van der Waals surface area contributed by atoms with Crippen LogP contribution in [-0.4, -0.2) is 18.8 Å². The van der Waals surface area contributed by atoms with Crippen LogP contribution in [0.5, 0.6) is 0 Å². The second kappa shape index (κ2) is 5.37. The Balaban J connectivity index is 2.43. The van der Waals surface area contributed by atoms with Gasteiger partial charge in [0.2, 0.25) is 0 Å². The molecule has 2 atom stereocenters. The Morgan fingerprint density at radius 2 is 2.38 bits per heavy atom. The maximum atomic E-state index is 9.86. The molecule has 0 bridgehead atoms. The number of ether oxygens (including phenoxy) is 1. The van der Waals surface area contributed by atoms with Crippen LogP contribution in [0.3, 0.4) is 0 Å². The molecule has 0 fully saturated rings. The topological polar surface area (TPSA) is 29.5 Å². The highest BCUT2D eigenvalue weighted by Gasteiger charge is 2.16. The monoisotopic (exact) mass is 200 g/mol. The van der Waals surface area contributed by atoms with E-state index in [1.165, 1.54) is 0 Å². The quantitative estimate of drug-likeness (QED) is 0.791. The molecule has 0 aliphatic rings. The van der Waals surface area contributed by atoms with Crippen molar-refractivity contribution in [3.05, 3.63) is 22.4 Å². The lowest BCUT2D eigenvalue weighted by Crippen LogP contribution is -2.10. The van der Waals surface area contributed by atoms with Crippen LogP contribution in [0.25, 0.3) is 0 Å². The largest absolute Gasteiger partial charge is 0.387 e. The van der Waals surface area contributed by atoms with Crippen LogP contribution in [0.2, 0.25) is 0 Å². The maximum Gasteiger partial charge on any atom is 0.0908 e. The molecule has 2 nitrogen and oxygen atoms in total. The van der Waals surface area contributed by atoms with Gasteiger partial charge < -0.3 is 9.84 Å². The van der Waals surface area contributed by atoms with Gasteiger partial charge in [-0.2, -0.15) is 0 Å². The van der Waals surface area contributed by atoms with Crippen LogP contribution >= 0.6 is 11.3 Å².